The normalized spacial score (nSPS) is 15.8. The maximum absolute atomic E-state index is 11.8. The molecule has 2 rings (SSSR count). The summed E-state index contributed by atoms with van der Waals surface area (Å²) < 4.78 is 0. The molecule has 0 radical (unpaired) electrons. The average Bonchev–Trinajstić information content (AvgIpc) is 2.43. The van der Waals surface area contributed by atoms with Crippen LogP contribution in [-0.2, 0) is 0 Å². The number of nitrogen functional groups attached to an aromatic ring is 1. The first-order chi connectivity index (χ1) is 9.65. The second-order valence-electron chi connectivity index (χ2n) is 5.41. The smallest absolute Gasteiger partial charge is 0.319 e. The van der Waals surface area contributed by atoms with E-state index in [4.69, 9.17) is 17.3 Å². The van der Waals surface area contributed by atoms with Gasteiger partial charge in [-0.25, -0.2) is 4.79 Å². The van der Waals surface area contributed by atoms with Crippen LogP contribution in [-0.4, -0.2) is 12.6 Å². The Morgan fingerprint density at radius 3 is 2.75 bits per heavy atom. The Balaban J connectivity index is 1.72. The number of hydrogen-bond acceptors (Lipinski definition) is 2. The minimum Gasteiger partial charge on any atom is -0.399 e. The van der Waals surface area contributed by atoms with E-state index in [2.05, 4.69) is 10.6 Å². The van der Waals surface area contributed by atoms with Crippen LogP contribution in [0.5, 0.6) is 0 Å². The number of amides is 2. The van der Waals surface area contributed by atoms with Gasteiger partial charge < -0.3 is 16.4 Å². The van der Waals surface area contributed by atoms with Crippen molar-refractivity contribution in [2.24, 2.45) is 5.92 Å². The Morgan fingerprint density at radius 1 is 1.30 bits per heavy atom. The molecule has 1 fully saturated rings. The molecule has 1 saturated carbocycles. The molecule has 0 atom stereocenters. The summed E-state index contributed by atoms with van der Waals surface area (Å²) >= 11 is 6.01. The Hall–Kier alpha value is -1.42. The zero-order valence-corrected chi connectivity index (χ0v) is 12.4. The number of carbonyl (C=O) groups excluding carboxylic acids is 1. The molecule has 4 nitrogen and oxygen atoms in total. The molecule has 2 amide bonds. The highest BCUT2D eigenvalue weighted by atomic mass is 35.5. The summed E-state index contributed by atoms with van der Waals surface area (Å²) in [4.78, 5) is 11.8. The lowest BCUT2D eigenvalue weighted by Crippen LogP contribution is -2.30. The van der Waals surface area contributed by atoms with E-state index in [-0.39, 0.29) is 6.03 Å². The third-order valence-electron chi connectivity index (χ3n) is 3.80. The van der Waals surface area contributed by atoms with E-state index in [1.165, 1.54) is 32.1 Å². The third-order valence-corrected chi connectivity index (χ3v) is 4.12. The van der Waals surface area contributed by atoms with E-state index >= 15 is 0 Å². The summed E-state index contributed by atoms with van der Waals surface area (Å²) in [5.41, 5.74) is 6.77. The Bertz CT molecular complexity index is 458. The molecule has 0 spiro atoms. The number of rotatable bonds is 4. The number of nitrogens with one attached hydrogen (secondary N) is 2. The molecule has 1 aliphatic rings. The molecule has 0 unspecified atom stereocenters. The molecule has 4 N–H and O–H groups in total. The summed E-state index contributed by atoms with van der Waals surface area (Å²) in [6, 6.07) is 4.83. The Kier molecular flexibility index (Phi) is 5.53. The maximum atomic E-state index is 11.8. The molecule has 0 aliphatic heterocycles. The molecule has 0 saturated heterocycles. The first kappa shape index (κ1) is 15.0. The molecular weight excluding hydrogens is 274 g/mol. The number of anilines is 2. The van der Waals surface area contributed by atoms with Gasteiger partial charge in [-0.1, -0.05) is 43.7 Å². The monoisotopic (exact) mass is 295 g/mol. The molecule has 0 heterocycles. The van der Waals surface area contributed by atoms with Crippen molar-refractivity contribution in [3.63, 3.8) is 0 Å². The fraction of sp³-hybridized carbons (Fsp3) is 0.533. The van der Waals surface area contributed by atoms with Crippen LogP contribution in [0.25, 0.3) is 0 Å². The zero-order chi connectivity index (χ0) is 14.4. The van der Waals surface area contributed by atoms with Crippen LogP contribution in [0.1, 0.15) is 38.5 Å². The van der Waals surface area contributed by atoms with Gasteiger partial charge in [0.05, 0.1) is 10.7 Å². The Labute approximate surface area is 125 Å². The topological polar surface area (TPSA) is 67.1 Å². The highest BCUT2D eigenvalue weighted by molar-refractivity contribution is 6.34. The molecule has 1 aliphatic carbocycles. The van der Waals surface area contributed by atoms with E-state index in [0.29, 0.717) is 22.9 Å². The van der Waals surface area contributed by atoms with Gasteiger partial charge in [0.15, 0.2) is 0 Å². The molecule has 0 bridgehead atoms. The van der Waals surface area contributed by atoms with Crippen LogP contribution < -0.4 is 16.4 Å². The lowest BCUT2D eigenvalue weighted by Gasteiger charge is -2.21. The van der Waals surface area contributed by atoms with Gasteiger partial charge >= 0.3 is 6.03 Å². The first-order valence-electron chi connectivity index (χ1n) is 7.25. The van der Waals surface area contributed by atoms with Crippen molar-refractivity contribution in [3.8, 4) is 0 Å². The van der Waals surface area contributed by atoms with Crippen LogP contribution in [0.15, 0.2) is 18.2 Å². The fourth-order valence-electron chi connectivity index (χ4n) is 2.66. The van der Waals surface area contributed by atoms with Gasteiger partial charge in [-0.2, -0.15) is 0 Å². The van der Waals surface area contributed by atoms with Crippen LogP contribution in [0.4, 0.5) is 16.2 Å². The number of urea groups is 1. The SMILES string of the molecule is Nc1ccc(NC(=O)NCCC2CCCCC2)c(Cl)c1. The average molecular weight is 296 g/mol. The molecule has 1 aromatic carbocycles. The predicted octanol–water partition coefficient (Wildman–Crippen LogP) is 4.01. The van der Waals surface area contributed by atoms with E-state index in [1.807, 2.05) is 0 Å². The fourth-order valence-corrected chi connectivity index (χ4v) is 2.90. The first-order valence-corrected chi connectivity index (χ1v) is 7.63. The van der Waals surface area contributed by atoms with Gasteiger partial charge in [-0.05, 0) is 30.5 Å². The van der Waals surface area contributed by atoms with E-state index < -0.39 is 0 Å². The van der Waals surface area contributed by atoms with Gasteiger partial charge in [0.25, 0.3) is 0 Å². The van der Waals surface area contributed by atoms with Crippen molar-refractivity contribution in [3.05, 3.63) is 23.2 Å². The molecular formula is C15H22ClN3O. The minimum absolute atomic E-state index is 0.215. The van der Waals surface area contributed by atoms with Gasteiger partial charge in [-0.3, -0.25) is 0 Å². The van der Waals surface area contributed by atoms with Crippen LogP contribution in [0, 0.1) is 5.92 Å². The highest BCUT2D eigenvalue weighted by Crippen LogP contribution is 2.26. The summed E-state index contributed by atoms with van der Waals surface area (Å²) in [5, 5.41) is 6.07. The maximum Gasteiger partial charge on any atom is 0.319 e. The van der Waals surface area contributed by atoms with Gasteiger partial charge in [0, 0.05) is 12.2 Å². The summed E-state index contributed by atoms with van der Waals surface area (Å²) in [6.45, 7) is 0.711. The van der Waals surface area contributed by atoms with Crippen LogP contribution >= 0.6 is 11.6 Å². The van der Waals surface area contributed by atoms with E-state index in [9.17, 15) is 4.79 Å². The molecule has 0 aromatic heterocycles. The lowest BCUT2D eigenvalue weighted by molar-refractivity contribution is 0.250. The number of benzene rings is 1. The van der Waals surface area contributed by atoms with Crippen molar-refractivity contribution < 1.29 is 4.79 Å². The highest BCUT2D eigenvalue weighted by Gasteiger charge is 2.13. The molecule has 1 aromatic rings. The van der Waals surface area contributed by atoms with Gasteiger partial charge in [-0.15, -0.1) is 0 Å². The number of halogens is 1. The lowest BCUT2D eigenvalue weighted by atomic mass is 9.87. The van der Waals surface area contributed by atoms with E-state index in [1.54, 1.807) is 18.2 Å². The standard InChI is InChI=1S/C15H22ClN3O/c16-13-10-12(17)6-7-14(13)19-15(20)18-9-8-11-4-2-1-3-5-11/h6-7,10-11H,1-5,8-9,17H2,(H2,18,19,20). The molecule has 20 heavy (non-hydrogen) atoms. The number of hydrogen-bond donors (Lipinski definition) is 3. The van der Waals surface area contributed by atoms with Crippen molar-refractivity contribution >= 4 is 29.0 Å². The quantitative estimate of drug-likeness (QED) is 0.735. The summed E-state index contributed by atoms with van der Waals surface area (Å²) in [7, 11) is 0. The van der Waals surface area contributed by atoms with Crippen LogP contribution in [0.2, 0.25) is 5.02 Å². The second kappa shape index (κ2) is 7.39. The summed E-state index contributed by atoms with van der Waals surface area (Å²) in [5.74, 6) is 0.768. The van der Waals surface area contributed by atoms with Gasteiger partial charge in [0.1, 0.15) is 0 Å². The number of nitrogens with two attached hydrogens (primary N) is 1. The van der Waals surface area contributed by atoms with Crippen molar-refractivity contribution in [2.45, 2.75) is 38.5 Å². The third kappa shape index (κ3) is 4.60. The minimum atomic E-state index is -0.215. The largest absolute Gasteiger partial charge is 0.399 e. The number of carbonyl (C=O) groups is 1. The van der Waals surface area contributed by atoms with E-state index in [0.717, 1.165) is 12.3 Å². The van der Waals surface area contributed by atoms with Crippen molar-refractivity contribution in [1.82, 2.24) is 5.32 Å². The predicted molar refractivity (Wildman–Crippen MR) is 84.1 cm³/mol. The summed E-state index contributed by atoms with van der Waals surface area (Å²) in [6.07, 6.45) is 7.68. The van der Waals surface area contributed by atoms with Gasteiger partial charge in [0.2, 0.25) is 0 Å². The van der Waals surface area contributed by atoms with Crippen molar-refractivity contribution in [2.75, 3.05) is 17.6 Å². The second-order valence-corrected chi connectivity index (χ2v) is 5.82. The zero-order valence-electron chi connectivity index (χ0n) is 11.6. The van der Waals surface area contributed by atoms with Crippen LogP contribution in [0.3, 0.4) is 0 Å². The van der Waals surface area contributed by atoms with Crippen molar-refractivity contribution in [1.29, 1.82) is 0 Å². The Morgan fingerprint density at radius 2 is 2.05 bits per heavy atom. The molecule has 5 heteroatoms. The molecule has 110 valence electrons.